The number of piperidine rings is 1. The van der Waals surface area contributed by atoms with Crippen molar-refractivity contribution in [3.8, 4) is 0 Å². The largest absolute Gasteiger partial charge is 0.372 e. The van der Waals surface area contributed by atoms with Gasteiger partial charge in [0.05, 0.1) is 12.7 Å². The Labute approximate surface area is 86.6 Å². The first-order chi connectivity index (χ1) is 6.93. The zero-order valence-corrected chi connectivity index (χ0v) is 8.95. The molecule has 0 radical (unpaired) electrons. The average Bonchev–Trinajstić information content (AvgIpc) is 3.03. The topological polar surface area (TPSA) is 15.8 Å². The Morgan fingerprint density at radius 3 is 2.71 bits per heavy atom. The number of hydrogen-bond acceptors (Lipinski definition) is 2. The van der Waals surface area contributed by atoms with Crippen molar-refractivity contribution in [3.05, 3.63) is 0 Å². The summed E-state index contributed by atoms with van der Waals surface area (Å²) in [6, 6.07) is 0.918. The van der Waals surface area contributed by atoms with Crippen LogP contribution in [0.2, 0.25) is 0 Å². The highest BCUT2D eigenvalue weighted by molar-refractivity contribution is 4.89. The van der Waals surface area contributed by atoms with Gasteiger partial charge in [-0.05, 0) is 38.1 Å². The molecule has 0 aromatic carbocycles. The summed E-state index contributed by atoms with van der Waals surface area (Å²) in [7, 11) is 0. The SMILES string of the molecule is C1CC[C@@H]2[C@H](C1)CCCN2CC1CO1. The third kappa shape index (κ3) is 1.82. The van der Waals surface area contributed by atoms with Crippen LogP contribution in [-0.2, 0) is 4.74 Å². The molecule has 0 bridgehead atoms. The van der Waals surface area contributed by atoms with Crippen LogP contribution < -0.4 is 0 Å². The lowest BCUT2D eigenvalue weighted by Gasteiger charge is -2.44. The molecule has 3 aliphatic rings. The molecule has 2 aliphatic heterocycles. The van der Waals surface area contributed by atoms with E-state index in [9.17, 15) is 0 Å². The van der Waals surface area contributed by atoms with E-state index in [2.05, 4.69) is 4.90 Å². The minimum Gasteiger partial charge on any atom is -0.372 e. The molecular formula is C12H21NO. The molecule has 3 fully saturated rings. The number of epoxide rings is 1. The average molecular weight is 195 g/mol. The number of rotatable bonds is 2. The van der Waals surface area contributed by atoms with E-state index in [-0.39, 0.29) is 0 Å². The van der Waals surface area contributed by atoms with Gasteiger partial charge in [0.25, 0.3) is 0 Å². The van der Waals surface area contributed by atoms with Gasteiger partial charge in [0.15, 0.2) is 0 Å². The summed E-state index contributed by atoms with van der Waals surface area (Å²) in [6.07, 6.45) is 9.40. The Bertz CT molecular complexity index is 200. The van der Waals surface area contributed by atoms with Crippen LogP contribution in [0.1, 0.15) is 38.5 Å². The lowest BCUT2D eigenvalue weighted by Crippen LogP contribution is -2.48. The molecule has 80 valence electrons. The first-order valence-corrected chi connectivity index (χ1v) is 6.29. The molecule has 3 rings (SSSR count). The van der Waals surface area contributed by atoms with Crippen molar-refractivity contribution in [2.24, 2.45) is 5.92 Å². The van der Waals surface area contributed by atoms with E-state index in [1.807, 2.05) is 0 Å². The number of likely N-dealkylation sites (tertiary alicyclic amines) is 1. The second-order valence-corrected chi connectivity index (χ2v) is 5.20. The van der Waals surface area contributed by atoms with Gasteiger partial charge in [-0.15, -0.1) is 0 Å². The fourth-order valence-electron chi connectivity index (χ4n) is 3.39. The molecular weight excluding hydrogens is 174 g/mol. The van der Waals surface area contributed by atoms with Gasteiger partial charge in [-0.3, -0.25) is 4.90 Å². The van der Waals surface area contributed by atoms with Gasteiger partial charge in [0.2, 0.25) is 0 Å². The zero-order valence-electron chi connectivity index (χ0n) is 8.95. The number of nitrogens with zero attached hydrogens (tertiary/aromatic N) is 1. The maximum absolute atomic E-state index is 5.35. The molecule has 2 heteroatoms. The maximum atomic E-state index is 5.35. The van der Waals surface area contributed by atoms with Crippen LogP contribution in [-0.4, -0.2) is 36.7 Å². The zero-order chi connectivity index (χ0) is 9.38. The lowest BCUT2D eigenvalue weighted by atomic mass is 9.78. The molecule has 1 unspecified atom stereocenters. The first kappa shape index (κ1) is 9.17. The van der Waals surface area contributed by atoms with Crippen molar-refractivity contribution < 1.29 is 4.74 Å². The minimum absolute atomic E-state index is 0.593. The molecule has 2 heterocycles. The van der Waals surface area contributed by atoms with Gasteiger partial charge in [-0.25, -0.2) is 0 Å². The first-order valence-electron chi connectivity index (χ1n) is 6.29. The van der Waals surface area contributed by atoms with Gasteiger partial charge in [0, 0.05) is 12.6 Å². The molecule has 0 aromatic heterocycles. The summed E-state index contributed by atoms with van der Waals surface area (Å²) >= 11 is 0. The van der Waals surface area contributed by atoms with Gasteiger partial charge >= 0.3 is 0 Å². The van der Waals surface area contributed by atoms with Crippen molar-refractivity contribution in [1.82, 2.24) is 4.90 Å². The van der Waals surface area contributed by atoms with Gasteiger partial charge < -0.3 is 4.74 Å². The van der Waals surface area contributed by atoms with E-state index in [0.29, 0.717) is 6.10 Å². The summed E-state index contributed by atoms with van der Waals surface area (Å²) in [5, 5.41) is 0. The fourth-order valence-corrected chi connectivity index (χ4v) is 3.39. The molecule has 0 N–H and O–H groups in total. The molecule has 2 saturated heterocycles. The Hall–Kier alpha value is -0.0800. The number of ether oxygens (including phenoxy) is 1. The van der Waals surface area contributed by atoms with Crippen molar-refractivity contribution >= 4 is 0 Å². The Morgan fingerprint density at radius 1 is 1.07 bits per heavy atom. The van der Waals surface area contributed by atoms with E-state index in [1.54, 1.807) is 0 Å². The Balaban J connectivity index is 1.63. The predicted molar refractivity (Wildman–Crippen MR) is 56.3 cm³/mol. The van der Waals surface area contributed by atoms with Crippen LogP contribution in [0.15, 0.2) is 0 Å². The van der Waals surface area contributed by atoms with Crippen molar-refractivity contribution in [3.63, 3.8) is 0 Å². The predicted octanol–water partition coefficient (Wildman–Crippen LogP) is 2.04. The van der Waals surface area contributed by atoms with Crippen molar-refractivity contribution in [2.45, 2.75) is 50.7 Å². The second-order valence-electron chi connectivity index (χ2n) is 5.20. The molecule has 0 aromatic rings. The van der Waals surface area contributed by atoms with E-state index in [4.69, 9.17) is 4.74 Å². The monoisotopic (exact) mass is 195 g/mol. The molecule has 0 spiro atoms. The minimum atomic E-state index is 0.593. The lowest BCUT2D eigenvalue weighted by molar-refractivity contribution is 0.0553. The number of hydrogen-bond donors (Lipinski definition) is 0. The van der Waals surface area contributed by atoms with Crippen LogP contribution in [0.5, 0.6) is 0 Å². The summed E-state index contributed by atoms with van der Waals surface area (Å²) in [5.41, 5.74) is 0. The van der Waals surface area contributed by atoms with Crippen LogP contribution in [0.25, 0.3) is 0 Å². The van der Waals surface area contributed by atoms with E-state index >= 15 is 0 Å². The molecule has 1 aliphatic carbocycles. The number of fused-ring (bicyclic) bond motifs is 1. The van der Waals surface area contributed by atoms with Crippen molar-refractivity contribution in [1.29, 1.82) is 0 Å². The summed E-state index contributed by atoms with van der Waals surface area (Å²) in [4.78, 5) is 2.73. The van der Waals surface area contributed by atoms with E-state index < -0.39 is 0 Å². The summed E-state index contributed by atoms with van der Waals surface area (Å²) in [6.45, 7) is 3.58. The third-order valence-electron chi connectivity index (χ3n) is 4.20. The van der Waals surface area contributed by atoms with Gasteiger partial charge in [-0.1, -0.05) is 12.8 Å². The Kier molecular flexibility index (Phi) is 2.50. The highest BCUT2D eigenvalue weighted by Gasteiger charge is 2.36. The molecule has 2 nitrogen and oxygen atoms in total. The standard InChI is InChI=1S/C12H21NO/c1-2-6-12-10(4-1)5-3-7-13(12)8-11-9-14-11/h10-12H,1-9H2/t10-,11?,12-/m1/s1. The third-order valence-corrected chi connectivity index (χ3v) is 4.20. The van der Waals surface area contributed by atoms with Gasteiger partial charge in [-0.2, -0.15) is 0 Å². The molecule has 3 atom stereocenters. The van der Waals surface area contributed by atoms with Crippen LogP contribution in [0, 0.1) is 5.92 Å². The smallest absolute Gasteiger partial charge is 0.0936 e. The van der Waals surface area contributed by atoms with Crippen LogP contribution >= 0.6 is 0 Å². The van der Waals surface area contributed by atoms with Crippen LogP contribution in [0.3, 0.4) is 0 Å². The fraction of sp³-hybridized carbons (Fsp3) is 1.00. The molecule has 0 amide bonds. The maximum Gasteiger partial charge on any atom is 0.0936 e. The molecule has 1 saturated carbocycles. The normalized spacial score (nSPS) is 43.3. The van der Waals surface area contributed by atoms with Crippen molar-refractivity contribution in [2.75, 3.05) is 19.7 Å². The second kappa shape index (κ2) is 3.82. The van der Waals surface area contributed by atoms with E-state index in [0.717, 1.165) is 18.6 Å². The summed E-state index contributed by atoms with van der Waals surface area (Å²) in [5.74, 6) is 1.02. The highest BCUT2D eigenvalue weighted by Crippen LogP contribution is 2.35. The van der Waals surface area contributed by atoms with Gasteiger partial charge in [0.1, 0.15) is 0 Å². The highest BCUT2D eigenvalue weighted by atomic mass is 16.6. The molecule has 14 heavy (non-hydrogen) atoms. The summed E-state index contributed by atoms with van der Waals surface area (Å²) < 4.78 is 5.35. The van der Waals surface area contributed by atoms with E-state index in [1.165, 1.54) is 51.6 Å². The van der Waals surface area contributed by atoms with Crippen LogP contribution in [0.4, 0.5) is 0 Å². The quantitative estimate of drug-likeness (QED) is 0.627. The Morgan fingerprint density at radius 2 is 1.86 bits per heavy atom.